The first-order chi connectivity index (χ1) is 14.7. The molecule has 1 saturated carbocycles. The van der Waals surface area contributed by atoms with Gasteiger partial charge in [-0.25, -0.2) is 0 Å². The van der Waals surface area contributed by atoms with E-state index in [9.17, 15) is 0 Å². The molecule has 4 nitrogen and oxygen atoms in total. The van der Waals surface area contributed by atoms with Crippen LogP contribution in [0.4, 0.5) is 0 Å². The molecule has 1 fully saturated rings. The second-order valence-electron chi connectivity index (χ2n) is 10.0. The quantitative estimate of drug-likeness (QED) is 0.512. The maximum Gasteiger partial charge on any atom is 0.143 e. The summed E-state index contributed by atoms with van der Waals surface area (Å²) < 4.78 is 8.11. The van der Waals surface area contributed by atoms with Gasteiger partial charge in [-0.3, -0.25) is 4.68 Å². The lowest BCUT2D eigenvalue weighted by molar-refractivity contribution is 0.171. The van der Waals surface area contributed by atoms with Crippen LogP contribution < -0.4 is 0 Å². The van der Waals surface area contributed by atoms with Crippen LogP contribution >= 0.6 is 0 Å². The van der Waals surface area contributed by atoms with Gasteiger partial charge in [-0.1, -0.05) is 68.6 Å². The van der Waals surface area contributed by atoms with E-state index in [-0.39, 0.29) is 5.41 Å². The lowest BCUT2D eigenvalue weighted by Crippen LogP contribution is -2.44. The van der Waals surface area contributed by atoms with Crippen molar-refractivity contribution in [1.29, 1.82) is 0 Å². The molecule has 6 rings (SSSR count). The van der Waals surface area contributed by atoms with E-state index in [0.717, 1.165) is 18.6 Å². The lowest BCUT2D eigenvalue weighted by Gasteiger charge is -2.46. The molecule has 156 valence electrons. The molecule has 0 amide bonds. The molecular weight excluding hydrogens is 370 g/mol. The summed E-state index contributed by atoms with van der Waals surface area (Å²) in [7, 11) is 0. The summed E-state index contributed by atoms with van der Waals surface area (Å²) in [5.41, 5.74) is 6.89. The molecule has 0 N–H and O–H groups in total. The molecule has 30 heavy (non-hydrogen) atoms. The number of aromatic nitrogens is 3. The predicted molar refractivity (Wildman–Crippen MR) is 118 cm³/mol. The third-order valence-electron chi connectivity index (χ3n) is 8.29. The zero-order valence-corrected chi connectivity index (χ0v) is 18.1. The van der Waals surface area contributed by atoms with Crippen LogP contribution in [0.3, 0.4) is 0 Å². The van der Waals surface area contributed by atoms with Gasteiger partial charge in [0, 0.05) is 28.0 Å². The number of nitrogens with zero attached hydrogens (tertiary/aromatic N) is 3. The van der Waals surface area contributed by atoms with Gasteiger partial charge in [-0.05, 0) is 38.0 Å². The first-order valence-electron chi connectivity index (χ1n) is 11.8. The van der Waals surface area contributed by atoms with Gasteiger partial charge in [0.2, 0.25) is 0 Å². The first kappa shape index (κ1) is 18.4. The summed E-state index contributed by atoms with van der Waals surface area (Å²) in [6.45, 7) is 4.78. The van der Waals surface area contributed by atoms with Gasteiger partial charge in [-0.15, -0.1) is 0 Å². The highest BCUT2D eigenvalue weighted by Gasteiger charge is 2.51. The van der Waals surface area contributed by atoms with E-state index >= 15 is 0 Å². The second-order valence-corrected chi connectivity index (χ2v) is 10.0. The van der Waals surface area contributed by atoms with Crippen LogP contribution in [0, 0.1) is 5.92 Å². The van der Waals surface area contributed by atoms with Gasteiger partial charge in [0.1, 0.15) is 5.76 Å². The Morgan fingerprint density at radius 2 is 1.87 bits per heavy atom. The van der Waals surface area contributed by atoms with E-state index in [1.165, 1.54) is 66.6 Å². The Morgan fingerprint density at radius 1 is 1.07 bits per heavy atom. The summed E-state index contributed by atoms with van der Waals surface area (Å²) >= 11 is 0. The van der Waals surface area contributed by atoms with Crippen molar-refractivity contribution in [2.24, 2.45) is 5.92 Å². The Balaban J connectivity index is 1.54. The average molecular weight is 402 g/mol. The molecule has 1 aromatic carbocycles. The SMILES string of the molecule is C[C@H]1c2oncc2C[C@@]2(C)c3nn(C4CCCCC4)c(-c4ccccc4)c3CC[C@H]12. The van der Waals surface area contributed by atoms with Crippen LogP contribution in [0.25, 0.3) is 11.3 Å². The van der Waals surface area contributed by atoms with Gasteiger partial charge in [0.25, 0.3) is 0 Å². The predicted octanol–water partition coefficient (Wildman–Crippen LogP) is 6.22. The van der Waals surface area contributed by atoms with Crippen LogP contribution in [0.2, 0.25) is 0 Å². The number of rotatable bonds is 2. The molecule has 3 atom stereocenters. The summed E-state index contributed by atoms with van der Waals surface area (Å²) in [5, 5.41) is 9.61. The van der Waals surface area contributed by atoms with Crippen molar-refractivity contribution in [3.05, 3.63) is 59.1 Å². The number of benzene rings is 1. The Morgan fingerprint density at radius 3 is 2.67 bits per heavy atom. The summed E-state index contributed by atoms with van der Waals surface area (Å²) in [6.07, 6.45) is 11.8. The molecule has 0 unspecified atom stereocenters. The Labute approximate surface area is 178 Å². The Hall–Kier alpha value is -2.36. The van der Waals surface area contributed by atoms with Crippen LogP contribution in [-0.2, 0) is 18.3 Å². The van der Waals surface area contributed by atoms with Crippen molar-refractivity contribution < 1.29 is 4.52 Å². The molecule has 0 spiro atoms. The van der Waals surface area contributed by atoms with Crippen molar-refractivity contribution >= 4 is 0 Å². The van der Waals surface area contributed by atoms with Crippen LogP contribution in [-0.4, -0.2) is 14.9 Å². The highest BCUT2D eigenvalue weighted by atomic mass is 16.5. The van der Waals surface area contributed by atoms with Crippen molar-refractivity contribution in [2.75, 3.05) is 0 Å². The third-order valence-corrected chi connectivity index (χ3v) is 8.29. The molecule has 2 heterocycles. The largest absolute Gasteiger partial charge is 0.361 e. The van der Waals surface area contributed by atoms with Crippen molar-refractivity contribution in [1.82, 2.24) is 14.9 Å². The third kappa shape index (κ3) is 2.58. The van der Waals surface area contributed by atoms with E-state index in [4.69, 9.17) is 9.62 Å². The molecule has 0 radical (unpaired) electrons. The topological polar surface area (TPSA) is 43.9 Å². The highest BCUT2D eigenvalue weighted by molar-refractivity contribution is 5.66. The fraction of sp³-hybridized carbons (Fsp3) is 0.538. The fourth-order valence-corrected chi connectivity index (χ4v) is 6.82. The minimum atomic E-state index is 0.0506. The Bertz CT molecular complexity index is 1060. The standard InChI is InChI=1S/C26H31N3O/c1-17-22-14-13-21-23(18-9-5-3-6-10-18)29(20-11-7-4-8-12-20)28-25(21)26(22,2)15-19-16-27-30-24(17)19/h3,5-6,9-10,16-17,20,22H,4,7-8,11-15H2,1-2H3/t17-,22-,26-/m1/s1. The molecule has 3 aliphatic rings. The monoisotopic (exact) mass is 401 g/mol. The van der Waals surface area contributed by atoms with Gasteiger partial charge in [0.05, 0.1) is 23.6 Å². The summed E-state index contributed by atoms with van der Waals surface area (Å²) in [5.74, 6) is 2.06. The number of hydrogen-bond acceptors (Lipinski definition) is 3. The molecule has 3 aromatic rings. The van der Waals surface area contributed by atoms with E-state index in [1.54, 1.807) is 0 Å². The van der Waals surface area contributed by atoms with E-state index in [0.29, 0.717) is 17.9 Å². The highest BCUT2D eigenvalue weighted by Crippen LogP contribution is 2.55. The molecule has 2 aromatic heterocycles. The fourth-order valence-electron chi connectivity index (χ4n) is 6.82. The second kappa shape index (κ2) is 6.83. The molecule has 0 aliphatic heterocycles. The van der Waals surface area contributed by atoms with Gasteiger partial charge in [0.15, 0.2) is 0 Å². The van der Waals surface area contributed by atoms with Crippen molar-refractivity contribution in [2.45, 2.75) is 82.6 Å². The zero-order chi connectivity index (χ0) is 20.3. The smallest absolute Gasteiger partial charge is 0.143 e. The maximum absolute atomic E-state index is 5.67. The molecule has 0 saturated heterocycles. The molecule has 4 heteroatoms. The van der Waals surface area contributed by atoms with E-state index in [1.807, 2.05) is 6.20 Å². The Kier molecular flexibility index (Phi) is 4.19. The van der Waals surface area contributed by atoms with Crippen molar-refractivity contribution in [3.63, 3.8) is 0 Å². The summed E-state index contributed by atoms with van der Waals surface area (Å²) in [4.78, 5) is 0. The normalized spacial score (nSPS) is 28.6. The molecule has 0 bridgehead atoms. The minimum absolute atomic E-state index is 0.0506. The van der Waals surface area contributed by atoms with Crippen LogP contribution in [0.1, 0.15) is 86.9 Å². The number of fused-ring (bicyclic) bond motifs is 4. The van der Waals surface area contributed by atoms with Crippen LogP contribution in [0.5, 0.6) is 0 Å². The molecule has 3 aliphatic carbocycles. The first-order valence-corrected chi connectivity index (χ1v) is 11.8. The van der Waals surface area contributed by atoms with E-state index < -0.39 is 0 Å². The maximum atomic E-state index is 5.67. The van der Waals surface area contributed by atoms with Crippen molar-refractivity contribution in [3.8, 4) is 11.3 Å². The minimum Gasteiger partial charge on any atom is -0.361 e. The van der Waals surface area contributed by atoms with Gasteiger partial charge < -0.3 is 4.52 Å². The van der Waals surface area contributed by atoms with Gasteiger partial charge in [-0.2, -0.15) is 5.10 Å². The summed E-state index contributed by atoms with van der Waals surface area (Å²) in [6, 6.07) is 11.5. The lowest BCUT2D eigenvalue weighted by atomic mass is 9.56. The van der Waals surface area contributed by atoms with E-state index in [2.05, 4.69) is 54.0 Å². The van der Waals surface area contributed by atoms with Gasteiger partial charge >= 0.3 is 0 Å². The number of hydrogen-bond donors (Lipinski definition) is 0. The van der Waals surface area contributed by atoms with Crippen LogP contribution in [0.15, 0.2) is 41.1 Å². The molecular formula is C26H31N3O. The zero-order valence-electron chi connectivity index (χ0n) is 18.1. The average Bonchev–Trinajstić information content (AvgIpc) is 3.40.